The van der Waals surface area contributed by atoms with Gasteiger partial charge in [0.1, 0.15) is 44.8 Å². The molecule has 0 bridgehead atoms. The van der Waals surface area contributed by atoms with E-state index in [0.29, 0.717) is 62.9 Å². The third kappa shape index (κ3) is 10.3. The van der Waals surface area contributed by atoms with Crippen molar-refractivity contribution in [3.05, 3.63) is 148 Å². The first kappa shape index (κ1) is 48.8. The average molecular weight is 1070 g/mol. The van der Waals surface area contributed by atoms with E-state index in [1.165, 1.54) is 61.2 Å². The minimum atomic E-state index is 0.368. The summed E-state index contributed by atoms with van der Waals surface area (Å²) in [7, 11) is 2.47. The number of nitrogens with zero attached hydrogens (tertiary/aromatic N) is 6. The minimum Gasteiger partial charge on any atom is -0.493 e. The van der Waals surface area contributed by atoms with Gasteiger partial charge in [0.05, 0.1) is 50.0 Å². The topological polar surface area (TPSA) is 102 Å². The number of thiazole rings is 2. The summed E-state index contributed by atoms with van der Waals surface area (Å²) in [4.78, 5) is 10.2. The van der Waals surface area contributed by atoms with Crippen LogP contribution in [0, 0.1) is 34.5 Å². The number of rotatable bonds is 19. The molecule has 9 rings (SSSR count). The fourth-order valence-corrected chi connectivity index (χ4v) is 11.8. The van der Waals surface area contributed by atoms with Crippen LogP contribution in [0.2, 0.25) is 0 Å². The normalized spacial score (nSPS) is 13.3. The lowest BCUT2D eigenvalue weighted by atomic mass is 9.81. The van der Waals surface area contributed by atoms with E-state index in [-0.39, 0.29) is 0 Å². The molecule has 12 heteroatoms. The van der Waals surface area contributed by atoms with Gasteiger partial charge in [-0.05, 0) is 96.3 Å². The fraction of sp³-hybridized carbons (Fsp3) is 0.276. The first-order valence-corrected chi connectivity index (χ1v) is 27.2. The molecular formula is C58H56BIN6O2S2. The van der Waals surface area contributed by atoms with Crippen molar-refractivity contribution in [3.8, 4) is 46.2 Å². The number of nitriles is 2. The van der Waals surface area contributed by atoms with E-state index in [0.717, 1.165) is 76.0 Å². The molecule has 352 valence electrons. The molecule has 2 unspecified atom stereocenters. The monoisotopic (exact) mass is 1070 g/mol. The molecule has 2 atom stereocenters. The van der Waals surface area contributed by atoms with Crippen LogP contribution in [-0.4, -0.2) is 43.6 Å². The lowest BCUT2D eigenvalue weighted by Crippen LogP contribution is -2.33. The van der Waals surface area contributed by atoms with Crippen molar-refractivity contribution in [1.29, 1.82) is 10.5 Å². The zero-order chi connectivity index (χ0) is 48.7. The Morgan fingerprint density at radius 3 is 1.71 bits per heavy atom. The summed E-state index contributed by atoms with van der Waals surface area (Å²) in [5, 5.41) is 27.5. The van der Waals surface area contributed by atoms with Gasteiger partial charge in [-0.25, -0.2) is 9.97 Å². The smallest absolute Gasteiger partial charge is 0.275 e. The molecule has 0 aliphatic rings. The van der Waals surface area contributed by atoms with Crippen LogP contribution in [0.25, 0.3) is 64.9 Å². The lowest BCUT2D eigenvalue weighted by Gasteiger charge is -2.19. The van der Waals surface area contributed by atoms with Crippen molar-refractivity contribution < 1.29 is 9.47 Å². The van der Waals surface area contributed by atoms with E-state index < -0.39 is 0 Å². The lowest BCUT2D eigenvalue weighted by molar-refractivity contribution is 0.256. The van der Waals surface area contributed by atoms with E-state index in [9.17, 15) is 10.5 Å². The molecule has 0 fully saturated rings. The number of aromatic nitrogens is 4. The van der Waals surface area contributed by atoms with Gasteiger partial charge in [-0.3, -0.25) is 0 Å². The highest BCUT2D eigenvalue weighted by Gasteiger charge is 2.29. The average Bonchev–Trinajstić information content (AvgIpc) is 4.15. The number of halogens is 1. The van der Waals surface area contributed by atoms with Crippen LogP contribution in [0.5, 0.6) is 11.5 Å². The molecule has 0 amide bonds. The molecule has 0 aliphatic carbocycles. The van der Waals surface area contributed by atoms with E-state index in [4.69, 9.17) is 19.4 Å². The van der Waals surface area contributed by atoms with Crippen molar-refractivity contribution in [2.45, 2.75) is 70.1 Å². The van der Waals surface area contributed by atoms with Gasteiger partial charge >= 0.3 is 0 Å². The Balaban J connectivity index is 1.34. The molecule has 5 aromatic carbocycles. The van der Waals surface area contributed by atoms with Gasteiger partial charge in [0.2, 0.25) is 0 Å². The second kappa shape index (κ2) is 22.3. The second-order valence-electron chi connectivity index (χ2n) is 18.5. The van der Waals surface area contributed by atoms with Gasteiger partial charge in [-0.15, -0.1) is 22.7 Å². The summed E-state index contributed by atoms with van der Waals surface area (Å²) < 4.78 is 19.7. The molecule has 8 nitrogen and oxygen atoms in total. The third-order valence-corrected chi connectivity index (χ3v) is 16.8. The number of benzene rings is 5. The molecule has 0 radical (unpaired) electrons. The van der Waals surface area contributed by atoms with Gasteiger partial charge < -0.3 is 18.5 Å². The van der Waals surface area contributed by atoms with Crippen molar-refractivity contribution in [2.24, 2.45) is 18.9 Å². The Kier molecular flexibility index (Phi) is 15.5. The molecule has 0 saturated heterocycles. The molecule has 9 aromatic rings. The second-order valence-corrected chi connectivity index (χ2v) is 22.1. The minimum absolute atomic E-state index is 0.368. The number of hydrogen-bond acceptors (Lipinski definition) is 8. The fourth-order valence-electron chi connectivity index (χ4n) is 9.24. The Bertz CT molecular complexity index is 3420. The molecule has 4 heterocycles. The van der Waals surface area contributed by atoms with Crippen LogP contribution < -0.4 is 25.6 Å². The summed E-state index contributed by atoms with van der Waals surface area (Å²) in [5.74, 6) is 2.33. The Morgan fingerprint density at radius 2 is 1.16 bits per heavy atom. The van der Waals surface area contributed by atoms with Crippen molar-refractivity contribution in [1.82, 2.24) is 19.0 Å². The number of alkyl halides is 1. The predicted molar refractivity (Wildman–Crippen MR) is 301 cm³/mol. The summed E-state index contributed by atoms with van der Waals surface area (Å²) in [6, 6.07) is 48.3. The summed E-state index contributed by atoms with van der Waals surface area (Å²) in [6.45, 7) is 10.0. The molecule has 4 aromatic heterocycles. The zero-order valence-electron chi connectivity index (χ0n) is 40.4. The van der Waals surface area contributed by atoms with Crippen molar-refractivity contribution >= 4 is 100 Å². The Labute approximate surface area is 433 Å². The maximum Gasteiger partial charge on any atom is 0.275 e. The summed E-state index contributed by atoms with van der Waals surface area (Å²) in [6.07, 6.45) is 7.60. The molecule has 0 aliphatic heterocycles. The number of para-hydroxylation sites is 2. The van der Waals surface area contributed by atoms with Crippen LogP contribution in [0.1, 0.15) is 76.2 Å². The number of ether oxygens (including phenoxy) is 2. The quantitative estimate of drug-likeness (QED) is 0.0346. The van der Waals surface area contributed by atoms with Gasteiger partial charge in [-0.1, -0.05) is 142 Å². The Morgan fingerprint density at radius 1 is 0.643 bits per heavy atom. The highest BCUT2D eigenvalue weighted by molar-refractivity contribution is 14.1. The van der Waals surface area contributed by atoms with Crippen molar-refractivity contribution in [2.75, 3.05) is 13.2 Å². The highest BCUT2D eigenvalue weighted by atomic mass is 127. The van der Waals surface area contributed by atoms with Gasteiger partial charge in [0.15, 0.2) is 0 Å². The first-order valence-electron chi connectivity index (χ1n) is 24.3. The largest absolute Gasteiger partial charge is 0.493 e. The maximum atomic E-state index is 11.6. The van der Waals surface area contributed by atoms with Crippen LogP contribution >= 0.6 is 45.3 Å². The number of unbranched alkanes of at least 4 members (excludes halogenated alkanes) is 4. The SMILES string of the molecule is CCCCCCCC(I)C(C)COc1ccc(-c2c3/c(=C(/C#N)c4nc5ccccc5s4)n(C)c(-c4ccc(OCC(C)C)cc4)c3/c(=C(/C#N)c3nc4ccccc4s3)n2Bc2ccccc2)cc1. The zero-order valence-corrected chi connectivity index (χ0v) is 44.2. The van der Waals surface area contributed by atoms with E-state index in [2.05, 4.69) is 138 Å². The number of hydrogen-bond donors (Lipinski definition) is 0. The van der Waals surface area contributed by atoms with Crippen molar-refractivity contribution in [3.63, 3.8) is 0 Å². The summed E-state index contributed by atoms with van der Waals surface area (Å²) in [5.41, 5.74) is 7.21. The van der Waals surface area contributed by atoms with Crippen LogP contribution in [-0.2, 0) is 7.05 Å². The predicted octanol–water partition coefficient (Wildman–Crippen LogP) is 12.7. The molecule has 70 heavy (non-hydrogen) atoms. The summed E-state index contributed by atoms with van der Waals surface area (Å²) >= 11 is 5.64. The van der Waals surface area contributed by atoms with E-state index in [1.54, 1.807) is 0 Å². The first-order chi connectivity index (χ1) is 34.2. The van der Waals surface area contributed by atoms with E-state index in [1.807, 2.05) is 67.7 Å². The molecule has 0 saturated carbocycles. The van der Waals surface area contributed by atoms with Gasteiger partial charge in [0, 0.05) is 33.4 Å². The molecule has 0 N–H and O–H groups in total. The van der Waals surface area contributed by atoms with Gasteiger partial charge in [0.25, 0.3) is 7.41 Å². The Hall–Kier alpha value is -6.19. The maximum absolute atomic E-state index is 11.6. The molecular weight excluding hydrogens is 1010 g/mol. The third-order valence-electron chi connectivity index (χ3n) is 12.9. The standard InChI is InChI=1S/C58H56BIN6O2S2/c1-6-7-8-9-13-20-46(60)38(4)36-68-43-31-27-40(28-32-43)54-52-51(56(66(54)59-41-18-11-10-12-19-41)45(34-62)58-64-48-22-15-17-24-50(48)70-58)53(39-25-29-42(30-26-39)67-35-37(2)3)65(5)55(52)44(33-61)57-63-47-21-14-16-23-49(47)69-57/h10-12,14-19,21-32,37-38,46,59H,6-9,13,20,35-36H2,1-5H3/b55-44+,56-45+. The van der Waals surface area contributed by atoms with Crippen LogP contribution in [0.3, 0.4) is 0 Å². The molecule has 0 spiro atoms. The van der Waals surface area contributed by atoms with Crippen LogP contribution in [0.4, 0.5) is 0 Å². The highest BCUT2D eigenvalue weighted by Crippen LogP contribution is 2.38. The number of fused-ring (bicyclic) bond motifs is 3. The van der Waals surface area contributed by atoms with Crippen LogP contribution in [0.15, 0.2) is 127 Å². The van der Waals surface area contributed by atoms with Gasteiger partial charge in [-0.2, -0.15) is 10.5 Å². The van der Waals surface area contributed by atoms with E-state index >= 15 is 0 Å².